The lowest BCUT2D eigenvalue weighted by Gasteiger charge is -2.38. The van der Waals surface area contributed by atoms with E-state index in [1.54, 1.807) is 6.33 Å². The minimum atomic E-state index is -0.684. The molecule has 0 radical (unpaired) electrons. The van der Waals surface area contributed by atoms with Gasteiger partial charge in [0, 0.05) is 29.8 Å². The Kier molecular flexibility index (Phi) is 7.07. The number of hydrogen-bond acceptors (Lipinski definition) is 4. The second kappa shape index (κ2) is 11.3. The van der Waals surface area contributed by atoms with Crippen LogP contribution in [0.2, 0.25) is 0 Å². The van der Waals surface area contributed by atoms with Gasteiger partial charge in [-0.15, -0.1) is 0 Å². The van der Waals surface area contributed by atoms with E-state index in [4.69, 9.17) is 20.8 Å². The van der Waals surface area contributed by atoms with Crippen molar-refractivity contribution in [2.45, 2.75) is 43.7 Å². The number of fused-ring (bicyclic) bond motifs is 1. The van der Waals surface area contributed by atoms with Crippen molar-refractivity contribution in [1.29, 1.82) is 0 Å². The third-order valence-corrected chi connectivity index (χ3v) is 8.99. The van der Waals surface area contributed by atoms with Crippen LogP contribution in [0.1, 0.15) is 54.8 Å². The summed E-state index contributed by atoms with van der Waals surface area (Å²) < 4.78 is 4.20. The summed E-state index contributed by atoms with van der Waals surface area (Å²) in [5.41, 5.74) is 10.9. The van der Waals surface area contributed by atoms with Crippen LogP contribution in [0.4, 0.5) is 0 Å². The molecule has 3 aromatic carbocycles. The number of nitrogens with two attached hydrogens (primary N) is 1. The van der Waals surface area contributed by atoms with Gasteiger partial charge in [0.05, 0.1) is 17.9 Å². The number of carbonyl (C=O) groups excluding carboxylic acids is 1. The molecule has 0 spiro atoms. The first kappa shape index (κ1) is 26.8. The molecule has 1 aliphatic carbocycles. The van der Waals surface area contributed by atoms with Gasteiger partial charge in [-0.3, -0.25) is 9.48 Å². The monoisotopic (exact) mass is 566 g/mol. The molecule has 7 heteroatoms. The van der Waals surface area contributed by atoms with E-state index in [1.807, 2.05) is 35.3 Å². The van der Waals surface area contributed by atoms with Crippen LogP contribution in [0.15, 0.2) is 122 Å². The van der Waals surface area contributed by atoms with Crippen molar-refractivity contribution in [3.05, 3.63) is 139 Å². The highest BCUT2D eigenvalue weighted by Gasteiger charge is 2.39. The van der Waals surface area contributed by atoms with Gasteiger partial charge in [0.2, 0.25) is 5.91 Å². The zero-order valence-corrected chi connectivity index (χ0v) is 24.0. The van der Waals surface area contributed by atoms with Crippen LogP contribution in [0, 0.1) is 5.92 Å². The summed E-state index contributed by atoms with van der Waals surface area (Å²) in [6, 6.07) is 33.8. The molecule has 2 N–H and O–H groups in total. The van der Waals surface area contributed by atoms with E-state index in [-0.39, 0.29) is 18.4 Å². The highest BCUT2D eigenvalue weighted by atomic mass is 16.1. The first-order valence-electron chi connectivity index (χ1n) is 15.0. The Hall–Kier alpha value is -5.04. The van der Waals surface area contributed by atoms with Gasteiger partial charge in [0.15, 0.2) is 0 Å². The van der Waals surface area contributed by atoms with Crippen molar-refractivity contribution in [2.75, 3.05) is 0 Å². The Morgan fingerprint density at radius 1 is 0.837 bits per heavy atom. The number of nitrogens with zero attached hydrogens (tertiary/aromatic N) is 5. The molecule has 1 fully saturated rings. The number of benzene rings is 3. The van der Waals surface area contributed by atoms with Gasteiger partial charge >= 0.3 is 0 Å². The van der Waals surface area contributed by atoms with Crippen molar-refractivity contribution in [3.8, 4) is 11.3 Å². The molecule has 0 aliphatic heterocycles. The molecule has 214 valence electrons. The molecule has 3 heterocycles. The Bertz CT molecular complexity index is 1740. The number of amides is 1. The Morgan fingerprint density at radius 3 is 1.98 bits per heavy atom. The minimum absolute atomic E-state index is 0.0439. The second-order valence-electron chi connectivity index (χ2n) is 11.4. The smallest absolute Gasteiger partial charge is 0.219 e. The Morgan fingerprint density at radius 2 is 1.42 bits per heavy atom. The van der Waals surface area contributed by atoms with Gasteiger partial charge in [-0.2, -0.15) is 5.10 Å². The first-order valence-corrected chi connectivity index (χ1v) is 15.0. The number of carbonyl (C=O) groups is 1. The largest absolute Gasteiger partial charge is 0.370 e. The predicted molar refractivity (Wildman–Crippen MR) is 168 cm³/mol. The lowest BCUT2D eigenvalue weighted by atomic mass is 9.76. The average Bonchev–Trinajstić information content (AvgIpc) is 3.84. The molecule has 0 bridgehead atoms. The second-order valence-corrected chi connectivity index (χ2v) is 11.4. The summed E-state index contributed by atoms with van der Waals surface area (Å²) in [5.74, 6) is 0.101. The normalized spacial score (nSPS) is 14.7. The SMILES string of the molecule is NC(=O)CC(C1CCCC1)n1cc(-c2ncnc3c2ccn3C(c2ccccc2)(c2ccccc2)c2ccccc2)cn1. The van der Waals surface area contributed by atoms with Crippen LogP contribution in [0.3, 0.4) is 0 Å². The number of hydrogen-bond donors (Lipinski definition) is 1. The topological polar surface area (TPSA) is 91.6 Å². The van der Waals surface area contributed by atoms with Gasteiger partial charge in [-0.1, -0.05) is 104 Å². The number of primary amides is 1. The fourth-order valence-corrected chi connectivity index (χ4v) is 7.07. The molecule has 1 saturated carbocycles. The van der Waals surface area contributed by atoms with E-state index in [1.165, 1.54) is 12.8 Å². The quantitative estimate of drug-likeness (QED) is 0.196. The highest BCUT2D eigenvalue weighted by Crippen LogP contribution is 2.43. The maximum atomic E-state index is 12.0. The van der Waals surface area contributed by atoms with Crippen LogP contribution in [0.5, 0.6) is 0 Å². The molecule has 1 amide bonds. The molecular weight excluding hydrogens is 532 g/mol. The van der Waals surface area contributed by atoms with Gasteiger partial charge < -0.3 is 10.3 Å². The van der Waals surface area contributed by atoms with Crippen LogP contribution < -0.4 is 5.73 Å². The molecule has 43 heavy (non-hydrogen) atoms. The standard InChI is InChI=1S/C36H34N6O/c37-33(43)22-32(26-12-10-11-13-26)42-24-27(23-40-42)34-31-20-21-41(35(31)39-25-38-34)36(28-14-4-1-5-15-28,29-16-6-2-7-17-29)30-18-8-3-9-19-30/h1-9,14-21,23-26,32H,10-13,22H2,(H2,37,43). The summed E-state index contributed by atoms with van der Waals surface area (Å²) in [6.07, 6.45) is 12.5. The van der Waals surface area contributed by atoms with Crippen molar-refractivity contribution in [1.82, 2.24) is 24.3 Å². The lowest BCUT2D eigenvalue weighted by molar-refractivity contribution is -0.119. The van der Waals surface area contributed by atoms with Crippen molar-refractivity contribution in [2.24, 2.45) is 11.7 Å². The summed E-state index contributed by atoms with van der Waals surface area (Å²) in [6.45, 7) is 0. The van der Waals surface area contributed by atoms with E-state index >= 15 is 0 Å². The van der Waals surface area contributed by atoms with Crippen molar-refractivity contribution < 1.29 is 4.79 Å². The fraction of sp³-hybridized carbons (Fsp3) is 0.222. The molecule has 1 unspecified atom stereocenters. The Labute approximate surface area is 251 Å². The minimum Gasteiger partial charge on any atom is -0.370 e. The maximum absolute atomic E-state index is 12.0. The maximum Gasteiger partial charge on any atom is 0.219 e. The van der Waals surface area contributed by atoms with E-state index in [2.05, 4.69) is 89.6 Å². The average molecular weight is 567 g/mol. The summed E-state index contributed by atoms with van der Waals surface area (Å²) >= 11 is 0. The van der Waals surface area contributed by atoms with Gasteiger partial charge in [-0.05, 0) is 41.5 Å². The van der Waals surface area contributed by atoms with E-state index in [9.17, 15) is 4.79 Å². The van der Waals surface area contributed by atoms with E-state index in [0.29, 0.717) is 5.92 Å². The molecule has 6 aromatic rings. The molecule has 0 saturated heterocycles. The van der Waals surface area contributed by atoms with Gasteiger partial charge in [0.25, 0.3) is 0 Å². The van der Waals surface area contributed by atoms with E-state index < -0.39 is 5.54 Å². The van der Waals surface area contributed by atoms with Crippen LogP contribution >= 0.6 is 0 Å². The summed E-state index contributed by atoms with van der Waals surface area (Å²) in [7, 11) is 0. The van der Waals surface area contributed by atoms with Gasteiger partial charge in [0.1, 0.15) is 17.5 Å². The highest BCUT2D eigenvalue weighted by molar-refractivity contribution is 5.91. The third-order valence-electron chi connectivity index (χ3n) is 8.99. The molecule has 1 aliphatic rings. The van der Waals surface area contributed by atoms with Gasteiger partial charge in [-0.25, -0.2) is 9.97 Å². The first-order chi connectivity index (χ1) is 21.2. The zero-order chi connectivity index (χ0) is 29.2. The third kappa shape index (κ3) is 4.71. The fourth-order valence-electron chi connectivity index (χ4n) is 7.07. The molecule has 1 atom stereocenters. The molecule has 3 aromatic heterocycles. The molecule has 7 nitrogen and oxygen atoms in total. The van der Waals surface area contributed by atoms with Crippen LogP contribution in [-0.4, -0.2) is 30.2 Å². The predicted octanol–water partition coefficient (Wildman–Crippen LogP) is 6.74. The van der Waals surface area contributed by atoms with Crippen molar-refractivity contribution in [3.63, 3.8) is 0 Å². The van der Waals surface area contributed by atoms with Crippen molar-refractivity contribution >= 4 is 16.9 Å². The summed E-state index contributed by atoms with van der Waals surface area (Å²) in [5, 5.41) is 5.67. The Balaban J connectivity index is 1.41. The number of aromatic nitrogens is 5. The van der Waals surface area contributed by atoms with Crippen LogP contribution in [-0.2, 0) is 10.3 Å². The zero-order valence-electron chi connectivity index (χ0n) is 24.0. The van der Waals surface area contributed by atoms with E-state index in [0.717, 1.165) is 51.8 Å². The lowest BCUT2D eigenvalue weighted by Crippen LogP contribution is -2.37. The number of rotatable bonds is 9. The van der Waals surface area contributed by atoms with Crippen LogP contribution in [0.25, 0.3) is 22.3 Å². The molecule has 7 rings (SSSR count). The summed E-state index contributed by atoms with van der Waals surface area (Å²) in [4.78, 5) is 21.6. The molecular formula is C36H34N6O.